The van der Waals surface area contributed by atoms with Gasteiger partial charge in [-0.15, -0.1) is 0 Å². The fraction of sp³-hybridized carbons (Fsp3) is 1.00. The zero-order chi connectivity index (χ0) is 11.5. The van der Waals surface area contributed by atoms with Gasteiger partial charge in [-0.1, -0.05) is 26.7 Å². The lowest BCUT2D eigenvalue weighted by Gasteiger charge is -2.39. The van der Waals surface area contributed by atoms with Crippen LogP contribution in [0.2, 0.25) is 0 Å². The predicted molar refractivity (Wildman–Crippen MR) is 59.2 cm³/mol. The van der Waals surface area contributed by atoms with Gasteiger partial charge in [-0.2, -0.15) is 0 Å². The first-order valence-corrected chi connectivity index (χ1v) is 6.09. The molecule has 1 aliphatic carbocycles. The van der Waals surface area contributed by atoms with E-state index < -0.39 is 5.92 Å². The van der Waals surface area contributed by atoms with Crippen molar-refractivity contribution in [2.75, 3.05) is 7.05 Å². The van der Waals surface area contributed by atoms with Gasteiger partial charge in [0.05, 0.1) is 0 Å². The standard InChI is InChI=1S/C12H23F2N/c1-4-9(5-2)10-6-7-12(13,14)8-11(10)15-3/h9-11,15H,4-8H2,1-3H3. The van der Waals surface area contributed by atoms with Crippen molar-refractivity contribution in [1.29, 1.82) is 0 Å². The Kier molecular flexibility index (Phi) is 4.50. The van der Waals surface area contributed by atoms with Crippen molar-refractivity contribution >= 4 is 0 Å². The van der Waals surface area contributed by atoms with Crippen molar-refractivity contribution in [2.45, 2.75) is 57.9 Å². The summed E-state index contributed by atoms with van der Waals surface area (Å²) < 4.78 is 26.5. The van der Waals surface area contributed by atoms with E-state index >= 15 is 0 Å². The molecule has 0 saturated heterocycles. The smallest absolute Gasteiger partial charge is 0.249 e. The molecule has 0 heterocycles. The van der Waals surface area contributed by atoms with Crippen molar-refractivity contribution in [1.82, 2.24) is 5.32 Å². The number of rotatable bonds is 4. The lowest BCUT2D eigenvalue weighted by atomic mass is 9.73. The molecule has 0 aromatic rings. The molecule has 1 N–H and O–H groups in total. The fourth-order valence-electron chi connectivity index (χ4n) is 2.93. The summed E-state index contributed by atoms with van der Waals surface area (Å²) in [6, 6.07) is -0.00125. The molecule has 0 bridgehead atoms. The number of hydrogen-bond acceptors (Lipinski definition) is 1. The van der Waals surface area contributed by atoms with Gasteiger partial charge in [0.25, 0.3) is 0 Å². The highest BCUT2D eigenvalue weighted by Crippen LogP contribution is 2.40. The van der Waals surface area contributed by atoms with Gasteiger partial charge in [0.1, 0.15) is 0 Å². The Morgan fingerprint density at radius 1 is 1.33 bits per heavy atom. The zero-order valence-corrected chi connectivity index (χ0v) is 10.0. The van der Waals surface area contributed by atoms with E-state index in [1.807, 2.05) is 0 Å². The summed E-state index contributed by atoms with van der Waals surface area (Å²) in [4.78, 5) is 0. The summed E-state index contributed by atoms with van der Waals surface area (Å²) in [6.45, 7) is 4.32. The molecule has 0 radical (unpaired) electrons. The summed E-state index contributed by atoms with van der Waals surface area (Å²) in [5, 5.41) is 3.08. The second-order valence-corrected chi connectivity index (χ2v) is 4.73. The third-order valence-corrected chi connectivity index (χ3v) is 3.90. The predicted octanol–water partition coefficient (Wildman–Crippen LogP) is 3.45. The molecule has 0 amide bonds. The van der Waals surface area contributed by atoms with Crippen LogP contribution in [0.25, 0.3) is 0 Å². The van der Waals surface area contributed by atoms with Gasteiger partial charge in [-0.05, 0) is 25.3 Å². The van der Waals surface area contributed by atoms with Crippen LogP contribution in [-0.2, 0) is 0 Å². The SMILES string of the molecule is CCC(CC)C1CCC(F)(F)CC1NC. The van der Waals surface area contributed by atoms with Crippen molar-refractivity contribution in [2.24, 2.45) is 11.8 Å². The third-order valence-electron chi connectivity index (χ3n) is 3.90. The lowest BCUT2D eigenvalue weighted by Crippen LogP contribution is -2.46. The zero-order valence-electron chi connectivity index (χ0n) is 10.0. The molecule has 0 aromatic heterocycles. The number of nitrogens with one attached hydrogen (secondary N) is 1. The van der Waals surface area contributed by atoms with Crippen LogP contribution >= 0.6 is 0 Å². The van der Waals surface area contributed by atoms with Gasteiger partial charge in [0.15, 0.2) is 0 Å². The minimum atomic E-state index is -2.45. The first kappa shape index (κ1) is 12.9. The molecular formula is C12H23F2N. The molecule has 1 nitrogen and oxygen atoms in total. The molecule has 1 saturated carbocycles. The average molecular weight is 219 g/mol. The van der Waals surface area contributed by atoms with E-state index in [0.29, 0.717) is 18.3 Å². The van der Waals surface area contributed by atoms with E-state index in [1.165, 1.54) is 0 Å². The Bertz CT molecular complexity index is 190. The molecule has 2 atom stereocenters. The Balaban J connectivity index is 2.65. The van der Waals surface area contributed by atoms with Crippen LogP contribution in [0.4, 0.5) is 8.78 Å². The normalized spacial score (nSPS) is 30.8. The number of halogens is 2. The molecule has 1 aliphatic rings. The van der Waals surface area contributed by atoms with Crippen molar-refractivity contribution in [3.63, 3.8) is 0 Å². The Labute approximate surface area is 91.6 Å². The van der Waals surface area contributed by atoms with Gasteiger partial charge in [0, 0.05) is 18.9 Å². The minimum Gasteiger partial charge on any atom is -0.316 e. The van der Waals surface area contributed by atoms with E-state index in [0.717, 1.165) is 12.8 Å². The van der Waals surface area contributed by atoms with E-state index in [1.54, 1.807) is 7.05 Å². The van der Waals surface area contributed by atoms with Crippen LogP contribution in [0.3, 0.4) is 0 Å². The number of hydrogen-bond donors (Lipinski definition) is 1. The van der Waals surface area contributed by atoms with Crippen molar-refractivity contribution in [3.05, 3.63) is 0 Å². The minimum absolute atomic E-state index is 0.00125. The Hall–Kier alpha value is -0.180. The van der Waals surface area contributed by atoms with E-state index in [-0.39, 0.29) is 18.9 Å². The second kappa shape index (κ2) is 5.24. The topological polar surface area (TPSA) is 12.0 Å². The largest absolute Gasteiger partial charge is 0.316 e. The Morgan fingerprint density at radius 3 is 2.40 bits per heavy atom. The molecule has 3 heteroatoms. The first-order valence-electron chi connectivity index (χ1n) is 6.09. The highest BCUT2D eigenvalue weighted by Gasteiger charge is 2.42. The van der Waals surface area contributed by atoms with Gasteiger partial charge in [-0.3, -0.25) is 0 Å². The van der Waals surface area contributed by atoms with Gasteiger partial charge in [-0.25, -0.2) is 8.78 Å². The maximum absolute atomic E-state index is 13.2. The second-order valence-electron chi connectivity index (χ2n) is 4.73. The molecule has 1 fully saturated rings. The fourth-order valence-corrected chi connectivity index (χ4v) is 2.93. The molecule has 0 spiro atoms. The summed E-state index contributed by atoms with van der Waals surface area (Å²) in [6.07, 6.45) is 2.97. The van der Waals surface area contributed by atoms with Gasteiger partial charge in [0.2, 0.25) is 5.92 Å². The quantitative estimate of drug-likeness (QED) is 0.763. The molecular weight excluding hydrogens is 196 g/mol. The van der Waals surface area contributed by atoms with E-state index in [2.05, 4.69) is 19.2 Å². The van der Waals surface area contributed by atoms with Crippen LogP contribution in [0.15, 0.2) is 0 Å². The van der Waals surface area contributed by atoms with Crippen LogP contribution in [0.5, 0.6) is 0 Å². The van der Waals surface area contributed by atoms with Crippen molar-refractivity contribution in [3.8, 4) is 0 Å². The molecule has 2 unspecified atom stereocenters. The lowest BCUT2D eigenvalue weighted by molar-refractivity contribution is -0.0658. The maximum atomic E-state index is 13.2. The van der Waals surface area contributed by atoms with Crippen LogP contribution < -0.4 is 5.32 Å². The molecule has 15 heavy (non-hydrogen) atoms. The monoisotopic (exact) mass is 219 g/mol. The summed E-state index contributed by atoms with van der Waals surface area (Å²) in [7, 11) is 1.81. The van der Waals surface area contributed by atoms with Crippen molar-refractivity contribution < 1.29 is 8.78 Å². The summed E-state index contributed by atoms with van der Waals surface area (Å²) >= 11 is 0. The third kappa shape index (κ3) is 3.13. The van der Waals surface area contributed by atoms with Gasteiger partial charge < -0.3 is 5.32 Å². The summed E-state index contributed by atoms with van der Waals surface area (Å²) in [5.41, 5.74) is 0. The molecule has 0 aromatic carbocycles. The van der Waals surface area contributed by atoms with Gasteiger partial charge >= 0.3 is 0 Å². The molecule has 90 valence electrons. The highest BCUT2D eigenvalue weighted by atomic mass is 19.3. The summed E-state index contributed by atoms with van der Waals surface area (Å²) in [5.74, 6) is -1.42. The van der Waals surface area contributed by atoms with Crippen LogP contribution in [0.1, 0.15) is 46.0 Å². The van der Waals surface area contributed by atoms with Crippen LogP contribution in [-0.4, -0.2) is 19.0 Å². The molecule has 0 aliphatic heterocycles. The maximum Gasteiger partial charge on any atom is 0.249 e. The first-order chi connectivity index (χ1) is 7.04. The average Bonchev–Trinajstić information content (AvgIpc) is 2.21. The van der Waals surface area contributed by atoms with Crippen LogP contribution in [0, 0.1) is 11.8 Å². The Morgan fingerprint density at radius 2 is 1.93 bits per heavy atom. The van der Waals surface area contributed by atoms with E-state index in [4.69, 9.17) is 0 Å². The van der Waals surface area contributed by atoms with E-state index in [9.17, 15) is 8.78 Å². The molecule has 1 rings (SSSR count). The number of alkyl halides is 2. The highest BCUT2D eigenvalue weighted by molar-refractivity contribution is 4.90.